The Morgan fingerprint density at radius 2 is 1.96 bits per heavy atom. The molecule has 1 aromatic heterocycles. The summed E-state index contributed by atoms with van der Waals surface area (Å²) in [7, 11) is 3.28. The number of carbonyl (C=O) groups excluding carboxylic acids is 1. The molecular formula is C18H21F3N4OS. The van der Waals surface area contributed by atoms with Gasteiger partial charge in [0, 0.05) is 19.0 Å². The minimum absolute atomic E-state index is 0.0336. The molecule has 2 rings (SSSR count). The summed E-state index contributed by atoms with van der Waals surface area (Å²) in [6, 6.07) is 8.91. The summed E-state index contributed by atoms with van der Waals surface area (Å²) in [6.45, 7) is 0.591. The van der Waals surface area contributed by atoms with E-state index in [1.807, 2.05) is 17.5 Å². The number of alkyl halides is 3. The van der Waals surface area contributed by atoms with E-state index in [1.165, 1.54) is 11.0 Å². The molecule has 1 aromatic carbocycles. The molecule has 1 heterocycles. The van der Waals surface area contributed by atoms with Gasteiger partial charge >= 0.3 is 6.18 Å². The molecule has 0 aliphatic carbocycles. The summed E-state index contributed by atoms with van der Waals surface area (Å²) in [6.07, 6.45) is -4.39. The normalized spacial score (nSPS) is 12.0. The van der Waals surface area contributed by atoms with Crippen LogP contribution >= 0.6 is 11.3 Å². The smallest absolute Gasteiger partial charge is 0.351 e. The van der Waals surface area contributed by atoms with Crippen LogP contribution in [0.5, 0.6) is 0 Å². The Morgan fingerprint density at radius 1 is 1.19 bits per heavy atom. The standard InChI is InChI=1S/C18H21F3N4OS/c1-25(2)16(26)12-24-17(23-11-15-7-4-8-27-15)22-10-13-5-3-6-14(9-13)18(19,20)21/h3-9H,10-12H2,1-2H3,(H2,22,23,24). The van der Waals surface area contributed by atoms with Gasteiger partial charge in [0.15, 0.2) is 5.96 Å². The highest BCUT2D eigenvalue weighted by Crippen LogP contribution is 2.29. The largest absolute Gasteiger partial charge is 0.416 e. The maximum Gasteiger partial charge on any atom is 0.416 e. The van der Waals surface area contributed by atoms with E-state index in [1.54, 1.807) is 31.5 Å². The second-order valence-electron chi connectivity index (χ2n) is 5.94. The van der Waals surface area contributed by atoms with E-state index >= 15 is 0 Å². The van der Waals surface area contributed by atoms with E-state index in [9.17, 15) is 18.0 Å². The van der Waals surface area contributed by atoms with E-state index in [0.717, 1.165) is 17.0 Å². The summed E-state index contributed by atoms with van der Waals surface area (Å²) < 4.78 is 38.5. The molecule has 0 bridgehead atoms. The number of rotatable bonds is 6. The topological polar surface area (TPSA) is 56.7 Å². The van der Waals surface area contributed by atoms with Crippen LogP contribution in [0.4, 0.5) is 13.2 Å². The number of amides is 1. The number of hydrogen-bond donors (Lipinski definition) is 2. The van der Waals surface area contributed by atoms with Crippen LogP contribution in [0.2, 0.25) is 0 Å². The Bertz CT molecular complexity index is 773. The average Bonchev–Trinajstić information content (AvgIpc) is 3.13. The number of nitrogens with one attached hydrogen (secondary N) is 2. The lowest BCUT2D eigenvalue weighted by Crippen LogP contribution is -2.42. The fraction of sp³-hybridized carbons (Fsp3) is 0.333. The number of hydrogen-bond acceptors (Lipinski definition) is 3. The van der Waals surface area contributed by atoms with E-state index < -0.39 is 11.7 Å². The van der Waals surface area contributed by atoms with Crippen LogP contribution < -0.4 is 10.6 Å². The molecule has 0 fully saturated rings. The number of likely N-dealkylation sites (N-methyl/N-ethyl adjacent to an activating group) is 1. The molecule has 0 aliphatic rings. The number of nitrogens with zero attached hydrogens (tertiary/aromatic N) is 2. The van der Waals surface area contributed by atoms with Gasteiger partial charge in [0.1, 0.15) is 0 Å². The van der Waals surface area contributed by atoms with Gasteiger partial charge in [-0.1, -0.05) is 18.2 Å². The molecule has 2 aromatic rings. The van der Waals surface area contributed by atoms with Crippen molar-refractivity contribution in [1.82, 2.24) is 15.5 Å². The van der Waals surface area contributed by atoms with Crippen LogP contribution in [0.3, 0.4) is 0 Å². The molecule has 0 saturated carbocycles. The summed E-state index contributed by atoms with van der Waals surface area (Å²) in [5, 5.41) is 7.94. The maximum atomic E-state index is 12.8. The third kappa shape index (κ3) is 6.93. The van der Waals surface area contributed by atoms with Gasteiger partial charge in [-0.25, -0.2) is 4.99 Å². The first-order valence-corrected chi connectivity index (χ1v) is 9.04. The zero-order chi connectivity index (χ0) is 19.9. The van der Waals surface area contributed by atoms with Crippen LogP contribution in [0.25, 0.3) is 0 Å². The quantitative estimate of drug-likeness (QED) is 0.581. The molecule has 9 heteroatoms. The molecule has 0 atom stereocenters. The van der Waals surface area contributed by atoms with Gasteiger partial charge in [0.25, 0.3) is 0 Å². The minimum Gasteiger partial charge on any atom is -0.351 e. The van der Waals surface area contributed by atoms with Crippen molar-refractivity contribution in [2.75, 3.05) is 20.6 Å². The molecule has 0 spiro atoms. The summed E-state index contributed by atoms with van der Waals surface area (Å²) in [4.78, 5) is 18.6. The van der Waals surface area contributed by atoms with Crippen molar-refractivity contribution in [3.05, 3.63) is 57.8 Å². The van der Waals surface area contributed by atoms with Crippen LogP contribution in [0.1, 0.15) is 16.0 Å². The lowest BCUT2D eigenvalue weighted by Gasteiger charge is -2.15. The fourth-order valence-corrected chi connectivity index (χ4v) is 2.74. The molecule has 0 unspecified atom stereocenters. The molecule has 0 aliphatic heterocycles. The second-order valence-corrected chi connectivity index (χ2v) is 6.97. The number of guanidine groups is 1. The van der Waals surface area contributed by atoms with Crippen LogP contribution in [-0.4, -0.2) is 37.4 Å². The monoisotopic (exact) mass is 398 g/mol. The van der Waals surface area contributed by atoms with Crippen LogP contribution in [0.15, 0.2) is 46.8 Å². The molecule has 0 saturated heterocycles. The Hall–Kier alpha value is -2.55. The van der Waals surface area contributed by atoms with Crippen molar-refractivity contribution < 1.29 is 18.0 Å². The van der Waals surface area contributed by atoms with Gasteiger partial charge in [0.2, 0.25) is 5.91 Å². The van der Waals surface area contributed by atoms with Crippen molar-refractivity contribution in [2.24, 2.45) is 4.99 Å². The molecular weight excluding hydrogens is 377 g/mol. The van der Waals surface area contributed by atoms with Gasteiger partial charge in [0.05, 0.1) is 25.2 Å². The summed E-state index contributed by atoms with van der Waals surface area (Å²) >= 11 is 1.57. The van der Waals surface area contributed by atoms with Gasteiger partial charge in [-0.2, -0.15) is 13.2 Å². The van der Waals surface area contributed by atoms with Gasteiger partial charge in [-0.3, -0.25) is 4.79 Å². The molecule has 2 N–H and O–H groups in total. The van der Waals surface area contributed by atoms with Crippen molar-refractivity contribution in [2.45, 2.75) is 19.3 Å². The lowest BCUT2D eigenvalue weighted by atomic mass is 10.1. The lowest BCUT2D eigenvalue weighted by molar-refractivity contribution is -0.137. The number of thiophene rings is 1. The van der Waals surface area contributed by atoms with E-state index in [0.29, 0.717) is 18.1 Å². The number of halogens is 3. The Kier molecular flexibility index (Phi) is 7.23. The van der Waals surface area contributed by atoms with Crippen molar-refractivity contribution in [1.29, 1.82) is 0 Å². The zero-order valence-electron chi connectivity index (χ0n) is 15.0. The van der Waals surface area contributed by atoms with Crippen molar-refractivity contribution in [3.8, 4) is 0 Å². The van der Waals surface area contributed by atoms with E-state index in [4.69, 9.17) is 0 Å². The van der Waals surface area contributed by atoms with Crippen LogP contribution in [0, 0.1) is 0 Å². The summed E-state index contributed by atoms with van der Waals surface area (Å²) in [5.41, 5.74) is -0.278. The molecule has 0 radical (unpaired) electrons. The maximum absolute atomic E-state index is 12.8. The molecule has 146 valence electrons. The first-order chi connectivity index (χ1) is 12.8. The Balaban J connectivity index is 2.07. The van der Waals surface area contributed by atoms with Crippen molar-refractivity contribution >= 4 is 23.2 Å². The highest BCUT2D eigenvalue weighted by molar-refractivity contribution is 7.09. The predicted octanol–water partition coefficient (Wildman–Crippen LogP) is 3.09. The van der Waals surface area contributed by atoms with E-state index in [2.05, 4.69) is 15.6 Å². The molecule has 27 heavy (non-hydrogen) atoms. The van der Waals surface area contributed by atoms with E-state index in [-0.39, 0.29) is 19.0 Å². The SMILES string of the molecule is CN(C)C(=O)CNC(=NCc1cccc(C(F)(F)F)c1)NCc1cccs1. The third-order valence-corrected chi connectivity index (χ3v) is 4.47. The first-order valence-electron chi connectivity index (χ1n) is 8.16. The third-order valence-electron chi connectivity index (χ3n) is 3.59. The van der Waals surface area contributed by atoms with Gasteiger partial charge < -0.3 is 15.5 Å². The molecule has 5 nitrogen and oxygen atoms in total. The van der Waals surface area contributed by atoms with Crippen LogP contribution in [-0.2, 0) is 24.1 Å². The highest BCUT2D eigenvalue weighted by atomic mass is 32.1. The second kappa shape index (κ2) is 9.40. The Labute approximate surface area is 159 Å². The number of carbonyl (C=O) groups is 1. The number of aliphatic imine (C=N–C) groups is 1. The predicted molar refractivity (Wildman–Crippen MR) is 100 cm³/mol. The minimum atomic E-state index is -4.39. The molecule has 1 amide bonds. The van der Waals surface area contributed by atoms with Gasteiger partial charge in [-0.15, -0.1) is 11.3 Å². The average molecular weight is 398 g/mol. The number of benzene rings is 1. The fourth-order valence-electron chi connectivity index (χ4n) is 2.09. The van der Waals surface area contributed by atoms with Crippen molar-refractivity contribution in [3.63, 3.8) is 0 Å². The highest BCUT2D eigenvalue weighted by Gasteiger charge is 2.30. The first kappa shape index (κ1) is 20.8. The zero-order valence-corrected chi connectivity index (χ0v) is 15.8. The Morgan fingerprint density at radius 3 is 2.59 bits per heavy atom. The summed E-state index contributed by atoms with van der Waals surface area (Å²) in [5.74, 6) is 0.218. The van der Waals surface area contributed by atoms with Gasteiger partial charge in [-0.05, 0) is 29.1 Å².